The highest BCUT2D eigenvalue weighted by molar-refractivity contribution is 5.27. The van der Waals surface area contributed by atoms with Crippen molar-refractivity contribution in [3.8, 4) is 5.75 Å². The Balaban J connectivity index is 2.42. The second-order valence-corrected chi connectivity index (χ2v) is 5.50. The van der Waals surface area contributed by atoms with Crippen molar-refractivity contribution in [2.75, 3.05) is 13.7 Å². The van der Waals surface area contributed by atoms with E-state index < -0.39 is 0 Å². The quantitative estimate of drug-likeness (QED) is 0.759. The molecule has 1 rings (SSSR count). The minimum atomic E-state index is -0.167. The van der Waals surface area contributed by atoms with Crippen LogP contribution in [-0.2, 0) is 6.42 Å². The lowest BCUT2D eigenvalue weighted by Crippen LogP contribution is -2.49. The van der Waals surface area contributed by atoms with Crippen molar-refractivity contribution in [2.45, 2.75) is 51.6 Å². The van der Waals surface area contributed by atoms with Crippen molar-refractivity contribution in [1.29, 1.82) is 0 Å². The Hall–Kier alpha value is -1.06. The van der Waals surface area contributed by atoms with Crippen LogP contribution >= 0.6 is 0 Å². The van der Waals surface area contributed by atoms with E-state index in [4.69, 9.17) is 4.74 Å². The Labute approximate surface area is 117 Å². The molecule has 1 aromatic rings. The van der Waals surface area contributed by atoms with E-state index in [1.807, 2.05) is 12.1 Å². The molecule has 0 aliphatic carbocycles. The fraction of sp³-hybridized carbons (Fsp3) is 0.625. The van der Waals surface area contributed by atoms with Gasteiger partial charge in [0.1, 0.15) is 5.75 Å². The third kappa shape index (κ3) is 5.21. The molecule has 0 fully saturated rings. The van der Waals surface area contributed by atoms with Gasteiger partial charge in [-0.1, -0.05) is 19.1 Å². The molecule has 1 aromatic carbocycles. The highest BCUT2D eigenvalue weighted by Gasteiger charge is 2.22. The summed E-state index contributed by atoms with van der Waals surface area (Å²) in [5.41, 5.74) is 1.15. The van der Waals surface area contributed by atoms with Gasteiger partial charge >= 0.3 is 0 Å². The molecule has 0 aliphatic rings. The first-order chi connectivity index (χ1) is 9.03. The smallest absolute Gasteiger partial charge is 0.118 e. The van der Waals surface area contributed by atoms with E-state index in [9.17, 15) is 5.11 Å². The molecule has 19 heavy (non-hydrogen) atoms. The molecule has 0 radical (unpaired) electrons. The lowest BCUT2D eigenvalue weighted by molar-refractivity contribution is 0.157. The summed E-state index contributed by atoms with van der Waals surface area (Å²) in [4.78, 5) is 0. The topological polar surface area (TPSA) is 41.5 Å². The number of aliphatic hydroxyl groups excluding tert-OH is 1. The van der Waals surface area contributed by atoms with Gasteiger partial charge in [-0.3, -0.25) is 0 Å². The van der Waals surface area contributed by atoms with Crippen molar-refractivity contribution in [1.82, 2.24) is 5.32 Å². The van der Waals surface area contributed by atoms with Crippen LogP contribution < -0.4 is 10.1 Å². The van der Waals surface area contributed by atoms with Crippen LogP contribution in [0.1, 0.15) is 39.2 Å². The number of nitrogens with one attached hydrogen (secondary N) is 1. The van der Waals surface area contributed by atoms with E-state index in [0.717, 1.165) is 25.0 Å². The van der Waals surface area contributed by atoms with Crippen LogP contribution in [0.25, 0.3) is 0 Å². The predicted octanol–water partition coefficient (Wildman–Crippen LogP) is 2.77. The Morgan fingerprint density at radius 1 is 1.32 bits per heavy atom. The Bertz CT molecular complexity index is 358. The molecule has 0 aromatic heterocycles. The van der Waals surface area contributed by atoms with E-state index in [2.05, 4.69) is 38.2 Å². The Kier molecular flexibility index (Phi) is 6.32. The van der Waals surface area contributed by atoms with Crippen molar-refractivity contribution in [2.24, 2.45) is 0 Å². The number of benzene rings is 1. The standard InChI is InChI=1S/C16H27NO2/c1-5-16(3,12-18)17-13(2)6-7-14-8-10-15(19-4)11-9-14/h8-11,13,17-18H,5-7,12H2,1-4H3. The summed E-state index contributed by atoms with van der Waals surface area (Å²) in [6.07, 6.45) is 3.02. The first-order valence-electron chi connectivity index (χ1n) is 7.04. The van der Waals surface area contributed by atoms with E-state index in [1.165, 1.54) is 5.56 Å². The maximum absolute atomic E-state index is 9.40. The minimum Gasteiger partial charge on any atom is -0.497 e. The first-order valence-corrected chi connectivity index (χ1v) is 7.04. The molecule has 0 saturated carbocycles. The third-order valence-corrected chi connectivity index (χ3v) is 3.75. The van der Waals surface area contributed by atoms with Crippen LogP contribution in [0.2, 0.25) is 0 Å². The van der Waals surface area contributed by atoms with Gasteiger partial charge < -0.3 is 15.2 Å². The summed E-state index contributed by atoms with van der Waals surface area (Å²) in [5, 5.41) is 12.9. The van der Waals surface area contributed by atoms with E-state index in [0.29, 0.717) is 6.04 Å². The molecule has 2 unspecified atom stereocenters. The summed E-state index contributed by atoms with van der Waals surface area (Å²) in [6.45, 7) is 6.51. The number of aliphatic hydroxyl groups is 1. The van der Waals surface area contributed by atoms with Crippen molar-refractivity contribution < 1.29 is 9.84 Å². The molecule has 2 N–H and O–H groups in total. The largest absolute Gasteiger partial charge is 0.497 e. The third-order valence-electron chi connectivity index (χ3n) is 3.75. The van der Waals surface area contributed by atoms with Crippen LogP contribution in [0.3, 0.4) is 0 Å². The summed E-state index contributed by atoms with van der Waals surface area (Å²) in [7, 11) is 1.68. The van der Waals surface area contributed by atoms with Crippen LogP contribution in [-0.4, -0.2) is 30.4 Å². The minimum absolute atomic E-state index is 0.167. The lowest BCUT2D eigenvalue weighted by Gasteiger charge is -2.31. The van der Waals surface area contributed by atoms with Gasteiger partial charge in [0.25, 0.3) is 0 Å². The van der Waals surface area contributed by atoms with Gasteiger partial charge in [-0.15, -0.1) is 0 Å². The van der Waals surface area contributed by atoms with Gasteiger partial charge in [0, 0.05) is 11.6 Å². The number of hydrogen-bond acceptors (Lipinski definition) is 3. The monoisotopic (exact) mass is 265 g/mol. The summed E-state index contributed by atoms with van der Waals surface area (Å²) < 4.78 is 5.15. The van der Waals surface area contributed by atoms with Gasteiger partial charge in [0.05, 0.1) is 13.7 Å². The van der Waals surface area contributed by atoms with Crippen molar-refractivity contribution in [3.63, 3.8) is 0 Å². The van der Waals surface area contributed by atoms with Gasteiger partial charge in [0.15, 0.2) is 0 Å². The second-order valence-electron chi connectivity index (χ2n) is 5.50. The van der Waals surface area contributed by atoms with Crippen LogP contribution in [0, 0.1) is 0 Å². The predicted molar refractivity (Wildman–Crippen MR) is 79.7 cm³/mol. The normalized spacial score (nSPS) is 15.8. The van der Waals surface area contributed by atoms with Gasteiger partial charge in [-0.2, -0.15) is 0 Å². The zero-order chi connectivity index (χ0) is 14.3. The van der Waals surface area contributed by atoms with E-state index in [1.54, 1.807) is 7.11 Å². The van der Waals surface area contributed by atoms with Crippen molar-refractivity contribution >= 4 is 0 Å². The Morgan fingerprint density at radius 2 is 1.95 bits per heavy atom. The maximum atomic E-state index is 9.40. The highest BCUT2D eigenvalue weighted by atomic mass is 16.5. The molecule has 0 heterocycles. The molecular weight excluding hydrogens is 238 g/mol. The molecule has 0 bridgehead atoms. The molecule has 0 amide bonds. The van der Waals surface area contributed by atoms with Gasteiger partial charge in [0.2, 0.25) is 0 Å². The number of aryl methyl sites for hydroxylation is 1. The number of methoxy groups -OCH3 is 1. The molecule has 0 spiro atoms. The summed E-state index contributed by atoms with van der Waals surface area (Å²) >= 11 is 0. The average Bonchev–Trinajstić information content (AvgIpc) is 2.45. The summed E-state index contributed by atoms with van der Waals surface area (Å²) in [5.74, 6) is 0.897. The number of hydrogen-bond donors (Lipinski definition) is 2. The SMILES string of the molecule is CCC(C)(CO)NC(C)CCc1ccc(OC)cc1. The molecule has 0 aliphatic heterocycles. The zero-order valence-corrected chi connectivity index (χ0v) is 12.6. The number of ether oxygens (including phenoxy) is 1. The maximum Gasteiger partial charge on any atom is 0.118 e. The lowest BCUT2D eigenvalue weighted by atomic mass is 9.97. The van der Waals surface area contributed by atoms with Crippen molar-refractivity contribution in [3.05, 3.63) is 29.8 Å². The molecule has 108 valence electrons. The first kappa shape index (κ1) is 16.0. The van der Waals surface area contributed by atoms with Crippen LogP contribution in [0.4, 0.5) is 0 Å². The fourth-order valence-corrected chi connectivity index (χ4v) is 2.10. The van der Waals surface area contributed by atoms with Gasteiger partial charge in [-0.05, 0) is 50.8 Å². The second kappa shape index (κ2) is 7.51. The van der Waals surface area contributed by atoms with E-state index >= 15 is 0 Å². The molecule has 0 saturated heterocycles. The summed E-state index contributed by atoms with van der Waals surface area (Å²) in [6, 6.07) is 8.60. The molecule has 3 heteroatoms. The molecular formula is C16H27NO2. The molecule has 3 nitrogen and oxygen atoms in total. The van der Waals surface area contributed by atoms with Crippen LogP contribution in [0.15, 0.2) is 24.3 Å². The zero-order valence-electron chi connectivity index (χ0n) is 12.6. The average molecular weight is 265 g/mol. The van der Waals surface area contributed by atoms with Gasteiger partial charge in [-0.25, -0.2) is 0 Å². The fourth-order valence-electron chi connectivity index (χ4n) is 2.10. The molecule has 2 atom stereocenters. The van der Waals surface area contributed by atoms with E-state index in [-0.39, 0.29) is 12.1 Å². The highest BCUT2D eigenvalue weighted by Crippen LogP contribution is 2.15. The number of rotatable bonds is 8. The Morgan fingerprint density at radius 3 is 2.42 bits per heavy atom. The van der Waals surface area contributed by atoms with Crippen LogP contribution in [0.5, 0.6) is 5.75 Å².